The Hall–Kier alpha value is -0.673. The van der Waals surface area contributed by atoms with Crippen molar-refractivity contribution in [2.24, 2.45) is 0 Å². The van der Waals surface area contributed by atoms with Crippen LogP contribution in [0.2, 0.25) is 6.04 Å². The monoisotopic (exact) mass is 307 g/mol. The number of carbonyl (C=O) groups excluding carboxylic acids is 1. The van der Waals surface area contributed by atoms with Crippen molar-refractivity contribution in [3.05, 3.63) is 0 Å². The molecule has 0 aliphatic rings. The first-order chi connectivity index (χ1) is 9.49. The molecule has 20 heavy (non-hydrogen) atoms. The van der Waals surface area contributed by atoms with Crippen molar-refractivity contribution in [3.63, 3.8) is 0 Å². The molecule has 0 rings (SSSR count). The molecule has 0 aromatic rings. The maximum atomic E-state index is 11.5. The molecule has 8 heteroatoms. The van der Waals surface area contributed by atoms with E-state index in [-0.39, 0.29) is 6.03 Å². The van der Waals surface area contributed by atoms with Crippen molar-refractivity contribution in [3.8, 4) is 0 Å². The van der Waals surface area contributed by atoms with Gasteiger partial charge in [-0.15, -0.1) is 0 Å². The van der Waals surface area contributed by atoms with E-state index < -0.39 is 8.80 Å². The second-order valence-electron chi connectivity index (χ2n) is 4.69. The van der Waals surface area contributed by atoms with Crippen LogP contribution in [0.3, 0.4) is 0 Å². The van der Waals surface area contributed by atoms with Gasteiger partial charge in [-0.3, -0.25) is 0 Å². The average Bonchev–Trinajstić information content (AvgIpc) is 2.44. The quantitative estimate of drug-likeness (QED) is 0.384. The summed E-state index contributed by atoms with van der Waals surface area (Å²) in [4.78, 5) is 11.5. The van der Waals surface area contributed by atoms with Gasteiger partial charge in [0, 0.05) is 53.0 Å². The minimum Gasteiger partial charge on any atom is -0.377 e. The first kappa shape index (κ1) is 19.3. The lowest BCUT2D eigenvalue weighted by Gasteiger charge is -2.24. The minimum absolute atomic E-state index is 0.157. The lowest BCUT2D eigenvalue weighted by atomic mass is 10.4. The summed E-state index contributed by atoms with van der Waals surface area (Å²) in [6.45, 7) is 6.07. The highest BCUT2D eigenvalue weighted by Crippen LogP contribution is 2.14. The molecular weight excluding hydrogens is 278 g/mol. The number of hydrogen-bond donors (Lipinski definition) is 3. The average molecular weight is 307 g/mol. The summed E-state index contributed by atoms with van der Waals surface area (Å²) in [7, 11) is 2.24. The molecule has 0 unspecified atom stereocenters. The van der Waals surface area contributed by atoms with E-state index in [1.165, 1.54) is 0 Å². The van der Waals surface area contributed by atoms with Gasteiger partial charge in [0.15, 0.2) is 0 Å². The molecule has 0 fully saturated rings. The molecule has 0 aromatic heterocycles. The first-order valence-electron chi connectivity index (χ1n) is 6.90. The van der Waals surface area contributed by atoms with Crippen molar-refractivity contribution >= 4 is 14.8 Å². The molecule has 0 spiro atoms. The van der Waals surface area contributed by atoms with Crippen LogP contribution in [0.1, 0.15) is 20.3 Å². The number of rotatable bonds is 11. The third kappa shape index (κ3) is 8.49. The molecule has 0 atom stereocenters. The highest BCUT2D eigenvalue weighted by Gasteiger charge is 2.36. The van der Waals surface area contributed by atoms with E-state index in [1.807, 2.05) is 0 Å². The van der Waals surface area contributed by atoms with Crippen molar-refractivity contribution in [1.29, 1.82) is 0 Å². The van der Waals surface area contributed by atoms with Crippen LogP contribution in [0.5, 0.6) is 0 Å². The normalized spacial score (nSPS) is 11.7. The summed E-state index contributed by atoms with van der Waals surface area (Å²) < 4.78 is 15.9. The van der Waals surface area contributed by atoms with Gasteiger partial charge in [0.2, 0.25) is 0 Å². The lowest BCUT2D eigenvalue weighted by molar-refractivity contribution is 0.123. The van der Waals surface area contributed by atoms with Gasteiger partial charge >= 0.3 is 14.8 Å². The van der Waals surface area contributed by atoms with Crippen LogP contribution < -0.4 is 16.0 Å². The molecule has 0 saturated heterocycles. The van der Waals surface area contributed by atoms with Gasteiger partial charge in [0.1, 0.15) is 0 Å². The second kappa shape index (κ2) is 11.0. The maximum absolute atomic E-state index is 11.5. The molecule has 7 nitrogen and oxygen atoms in total. The summed E-state index contributed by atoms with van der Waals surface area (Å²) in [5.74, 6) is 0. The predicted octanol–water partition coefficient (Wildman–Crippen LogP) is 0.552. The highest BCUT2D eigenvalue weighted by molar-refractivity contribution is 6.60. The van der Waals surface area contributed by atoms with Crippen LogP contribution in [0.4, 0.5) is 4.79 Å². The fourth-order valence-corrected chi connectivity index (χ4v) is 3.38. The van der Waals surface area contributed by atoms with Crippen LogP contribution in [0.15, 0.2) is 0 Å². The van der Waals surface area contributed by atoms with E-state index in [0.717, 1.165) is 13.0 Å². The molecule has 0 radical (unpaired) electrons. The van der Waals surface area contributed by atoms with Crippen molar-refractivity contribution in [2.45, 2.75) is 32.4 Å². The second-order valence-corrected chi connectivity index (χ2v) is 7.78. The van der Waals surface area contributed by atoms with E-state index >= 15 is 0 Å². The Bertz CT molecular complexity index is 255. The van der Waals surface area contributed by atoms with Crippen molar-refractivity contribution in [1.82, 2.24) is 16.0 Å². The summed E-state index contributed by atoms with van der Waals surface area (Å²) in [5.41, 5.74) is 0. The fourth-order valence-electron chi connectivity index (χ4n) is 1.66. The smallest absolute Gasteiger partial charge is 0.377 e. The van der Waals surface area contributed by atoms with Gasteiger partial charge in [-0.25, -0.2) is 4.79 Å². The number of urea groups is 1. The van der Waals surface area contributed by atoms with Gasteiger partial charge in [-0.1, -0.05) is 13.8 Å². The van der Waals surface area contributed by atoms with E-state index in [0.29, 0.717) is 25.2 Å². The molecule has 0 aliphatic heterocycles. The third-order valence-corrected chi connectivity index (χ3v) is 5.67. The zero-order valence-electron chi connectivity index (χ0n) is 13.2. The van der Waals surface area contributed by atoms with Gasteiger partial charge < -0.3 is 29.2 Å². The highest BCUT2D eigenvalue weighted by atomic mass is 28.4. The largest absolute Gasteiger partial charge is 0.500 e. The zero-order valence-corrected chi connectivity index (χ0v) is 14.2. The minimum atomic E-state index is -2.51. The Morgan fingerprint density at radius 2 is 1.55 bits per heavy atom. The Balaban J connectivity index is 3.66. The Kier molecular flexibility index (Phi) is 10.7. The van der Waals surface area contributed by atoms with E-state index in [9.17, 15) is 4.79 Å². The molecule has 0 aromatic carbocycles. The van der Waals surface area contributed by atoms with E-state index in [1.54, 1.807) is 21.3 Å². The lowest BCUT2D eigenvalue weighted by Crippen LogP contribution is -2.44. The molecular formula is C12H29N3O4Si. The number of carbonyl (C=O) groups is 1. The molecule has 0 heterocycles. The van der Waals surface area contributed by atoms with Crippen LogP contribution >= 0.6 is 0 Å². The summed E-state index contributed by atoms with van der Waals surface area (Å²) in [6, 6.07) is 0.941. The van der Waals surface area contributed by atoms with Crippen LogP contribution in [0.25, 0.3) is 0 Å². The van der Waals surface area contributed by atoms with Crippen LogP contribution in [0, 0.1) is 0 Å². The summed E-state index contributed by atoms with van der Waals surface area (Å²) in [6.07, 6.45) is 0.749. The molecule has 120 valence electrons. The van der Waals surface area contributed by atoms with Crippen molar-refractivity contribution in [2.75, 3.05) is 41.0 Å². The molecule has 3 N–H and O–H groups in total. The Morgan fingerprint density at radius 1 is 1.00 bits per heavy atom. The van der Waals surface area contributed by atoms with Gasteiger partial charge in [0.25, 0.3) is 0 Å². The topological polar surface area (TPSA) is 80.9 Å². The van der Waals surface area contributed by atoms with Crippen molar-refractivity contribution < 1.29 is 18.1 Å². The van der Waals surface area contributed by atoms with E-state index in [4.69, 9.17) is 13.3 Å². The standard InChI is InChI=1S/C12H29N3O4Si/c1-11(2)13-8-9-15-12(16)14-7-6-10-20(17-3,18-4)19-5/h11,13H,6-10H2,1-5H3,(H2,14,15,16). The number of hydrogen-bond acceptors (Lipinski definition) is 5. The van der Waals surface area contributed by atoms with Gasteiger partial charge in [-0.2, -0.15) is 0 Å². The zero-order chi connectivity index (χ0) is 15.4. The third-order valence-electron chi connectivity index (χ3n) is 2.84. The van der Waals surface area contributed by atoms with E-state index in [2.05, 4.69) is 29.8 Å². The Labute approximate surface area is 123 Å². The number of nitrogens with one attached hydrogen (secondary N) is 3. The molecule has 0 saturated carbocycles. The summed E-state index contributed by atoms with van der Waals surface area (Å²) >= 11 is 0. The van der Waals surface area contributed by atoms with Crippen LogP contribution in [-0.4, -0.2) is 61.8 Å². The van der Waals surface area contributed by atoms with Gasteiger partial charge in [-0.05, 0) is 6.42 Å². The Morgan fingerprint density at radius 3 is 2.05 bits per heavy atom. The SMILES string of the molecule is CO[Si](CCCNC(=O)NCCNC(C)C)(OC)OC. The van der Waals surface area contributed by atoms with Gasteiger partial charge in [0.05, 0.1) is 0 Å². The van der Waals surface area contributed by atoms with Crippen LogP contribution in [-0.2, 0) is 13.3 Å². The first-order valence-corrected chi connectivity index (χ1v) is 8.83. The maximum Gasteiger partial charge on any atom is 0.500 e. The fraction of sp³-hybridized carbons (Fsp3) is 0.917. The molecule has 0 bridgehead atoms. The molecule has 0 aliphatic carbocycles. The predicted molar refractivity (Wildman–Crippen MR) is 80.7 cm³/mol. The molecule has 2 amide bonds. The summed E-state index contributed by atoms with van der Waals surface area (Å²) in [5, 5.41) is 8.80. The number of amides is 2.